The van der Waals surface area contributed by atoms with Gasteiger partial charge in [-0.1, -0.05) is 17.7 Å². The van der Waals surface area contributed by atoms with Crippen LogP contribution in [0.5, 0.6) is 5.75 Å². The van der Waals surface area contributed by atoms with Gasteiger partial charge in [0.1, 0.15) is 5.75 Å². The molecule has 1 aromatic heterocycles. The number of hydrogen-bond donors (Lipinski definition) is 2. The molecule has 0 bridgehead atoms. The minimum atomic E-state index is -1.05. The second kappa shape index (κ2) is 7.06. The number of aryl methyl sites for hydroxylation is 1. The first-order valence-corrected chi connectivity index (χ1v) is 8.30. The second-order valence-electron chi connectivity index (χ2n) is 5.91. The van der Waals surface area contributed by atoms with Crippen LogP contribution >= 0.6 is 11.6 Å². The van der Waals surface area contributed by atoms with Crippen molar-refractivity contribution >= 4 is 29.5 Å². The number of carboxylic acid groups (broad SMARTS) is 1. The van der Waals surface area contributed by atoms with Crippen LogP contribution in [0.4, 0.5) is 5.69 Å². The summed E-state index contributed by atoms with van der Waals surface area (Å²) >= 11 is 6.10. The number of aromatic hydroxyl groups is 1. The van der Waals surface area contributed by atoms with Gasteiger partial charge in [0.15, 0.2) is 0 Å². The lowest BCUT2D eigenvalue weighted by molar-refractivity contribution is 0.0697. The Bertz CT molecular complexity index is 1020. The highest BCUT2D eigenvalue weighted by atomic mass is 35.5. The first-order chi connectivity index (χ1) is 12.4. The third-order valence-corrected chi connectivity index (χ3v) is 4.41. The van der Waals surface area contributed by atoms with E-state index in [2.05, 4.69) is 4.99 Å². The van der Waals surface area contributed by atoms with Crippen molar-refractivity contribution in [1.82, 2.24) is 4.57 Å². The summed E-state index contributed by atoms with van der Waals surface area (Å²) in [6, 6.07) is 13.6. The number of carbonyl (C=O) groups is 1. The number of halogens is 1. The molecule has 0 unspecified atom stereocenters. The van der Waals surface area contributed by atoms with E-state index in [-0.39, 0.29) is 16.3 Å². The van der Waals surface area contributed by atoms with Crippen LogP contribution in [0.15, 0.2) is 53.5 Å². The number of phenolic OH excluding ortho intramolecular Hbond substituents is 1. The Morgan fingerprint density at radius 1 is 1.15 bits per heavy atom. The zero-order valence-electron chi connectivity index (χ0n) is 14.3. The number of carboxylic acids is 1. The number of aromatic carboxylic acids is 1. The van der Waals surface area contributed by atoms with E-state index in [0.29, 0.717) is 5.69 Å². The average Bonchev–Trinajstić information content (AvgIpc) is 2.86. The summed E-state index contributed by atoms with van der Waals surface area (Å²) in [5.74, 6) is -0.889. The van der Waals surface area contributed by atoms with E-state index in [1.807, 2.05) is 24.5 Å². The first kappa shape index (κ1) is 17.8. The van der Waals surface area contributed by atoms with Gasteiger partial charge in [-0.2, -0.15) is 0 Å². The predicted octanol–water partition coefficient (Wildman–Crippen LogP) is 4.90. The van der Waals surface area contributed by atoms with Gasteiger partial charge in [-0.3, -0.25) is 4.99 Å². The number of hydrogen-bond acceptors (Lipinski definition) is 3. The molecule has 0 saturated carbocycles. The topological polar surface area (TPSA) is 74.8 Å². The van der Waals surface area contributed by atoms with Crippen LogP contribution in [0.2, 0.25) is 5.02 Å². The summed E-state index contributed by atoms with van der Waals surface area (Å²) in [5.41, 5.74) is 4.35. The molecule has 0 aliphatic rings. The molecule has 1 heterocycles. The Hall–Kier alpha value is -3.05. The Morgan fingerprint density at radius 3 is 2.58 bits per heavy atom. The van der Waals surface area contributed by atoms with Gasteiger partial charge in [-0.25, -0.2) is 4.79 Å². The minimum absolute atomic E-state index is 0.0727. The molecule has 3 aromatic rings. The minimum Gasteiger partial charge on any atom is -0.508 e. The van der Waals surface area contributed by atoms with Crippen LogP contribution in [0, 0.1) is 13.8 Å². The fourth-order valence-electron chi connectivity index (χ4n) is 2.85. The largest absolute Gasteiger partial charge is 0.508 e. The van der Waals surface area contributed by atoms with E-state index in [1.165, 1.54) is 6.07 Å². The molecule has 0 saturated heterocycles. The number of aliphatic imine (C=N–C) groups is 1. The lowest BCUT2D eigenvalue weighted by atomic mass is 10.2. The van der Waals surface area contributed by atoms with Gasteiger partial charge in [-0.05, 0) is 50.2 Å². The molecule has 26 heavy (non-hydrogen) atoms. The monoisotopic (exact) mass is 368 g/mol. The summed E-state index contributed by atoms with van der Waals surface area (Å²) < 4.78 is 1.99. The zero-order chi connectivity index (χ0) is 18.8. The van der Waals surface area contributed by atoms with Crippen molar-refractivity contribution in [3.63, 3.8) is 0 Å². The SMILES string of the molecule is Cc1cc(C=Nc2cccc(O)c2)c(C)n1-c1ccc(C(=O)O)c(Cl)c1. The maximum Gasteiger partial charge on any atom is 0.337 e. The molecule has 2 aromatic carbocycles. The van der Waals surface area contributed by atoms with E-state index >= 15 is 0 Å². The van der Waals surface area contributed by atoms with Gasteiger partial charge in [0.2, 0.25) is 0 Å². The van der Waals surface area contributed by atoms with Crippen LogP contribution in [0.3, 0.4) is 0 Å². The summed E-state index contributed by atoms with van der Waals surface area (Å²) in [4.78, 5) is 15.5. The maximum atomic E-state index is 11.1. The van der Waals surface area contributed by atoms with Crippen molar-refractivity contribution in [2.75, 3.05) is 0 Å². The molecule has 0 aliphatic heterocycles. The highest BCUT2D eigenvalue weighted by Crippen LogP contribution is 2.25. The van der Waals surface area contributed by atoms with E-state index in [1.54, 1.807) is 42.6 Å². The van der Waals surface area contributed by atoms with Gasteiger partial charge in [0.25, 0.3) is 0 Å². The fraction of sp³-hybridized carbons (Fsp3) is 0.100. The first-order valence-electron chi connectivity index (χ1n) is 7.92. The van der Waals surface area contributed by atoms with Gasteiger partial charge in [-0.15, -0.1) is 0 Å². The van der Waals surface area contributed by atoms with Gasteiger partial charge in [0, 0.05) is 34.9 Å². The predicted molar refractivity (Wildman–Crippen MR) is 103 cm³/mol. The molecular formula is C20H17ClN2O3. The standard InChI is InChI=1S/C20H17ClN2O3/c1-12-8-14(11-22-15-4-3-5-17(24)9-15)13(2)23(12)16-6-7-18(20(25)26)19(21)10-16/h3-11,24H,1-2H3,(H,25,26). The molecular weight excluding hydrogens is 352 g/mol. The Balaban J connectivity index is 1.98. The fourth-order valence-corrected chi connectivity index (χ4v) is 3.11. The number of benzene rings is 2. The molecule has 6 heteroatoms. The van der Waals surface area contributed by atoms with Gasteiger partial charge in [0.05, 0.1) is 16.3 Å². The maximum absolute atomic E-state index is 11.1. The summed E-state index contributed by atoms with van der Waals surface area (Å²) in [5, 5.41) is 18.8. The number of aromatic nitrogens is 1. The van der Waals surface area contributed by atoms with Crippen LogP contribution in [-0.2, 0) is 0 Å². The van der Waals surface area contributed by atoms with E-state index in [0.717, 1.165) is 22.6 Å². The van der Waals surface area contributed by atoms with Crippen molar-refractivity contribution in [3.05, 3.63) is 76.1 Å². The molecule has 3 rings (SSSR count). The lowest BCUT2D eigenvalue weighted by Gasteiger charge is -2.11. The third-order valence-electron chi connectivity index (χ3n) is 4.09. The molecule has 0 radical (unpaired) electrons. The summed E-state index contributed by atoms with van der Waals surface area (Å²) in [7, 11) is 0. The molecule has 0 fully saturated rings. The highest BCUT2D eigenvalue weighted by molar-refractivity contribution is 6.33. The van der Waals surface area contributed by atoms with Gasteiger partial charge < -0.3 is 14.8 Å². The molecule has 0 spiro atoms. The van der Waals surface area contributed by atoms with Crippen molar-refractivity contribution in [3.8, 4) is 11.4 Å². The molecule has 0 amide bonds. The van der Waals surface area contributed by atoms with Crippen molar-refractivity contribution in [2.45, 2.75) is 13.8 Å². The molecule has 132 valence electrons. The molecule has 0 atom stereocenters. The highest BCUT2D eigenvalue weighted by Gasteiger charge is 2.13. The van der Waals surface area contributed by atoms with Crippen LogP contribution < -0.4 is 0 Å². The molecule has 2 N–H and O–H groups in total. The van der Waals surface area contributed by atoms with Crippen molar-refractivity contribution < 1.29 is 15.0 Å². The van der Waals surface area contributed by atoms with Crippen molar-refractivity contribution in [2.24, 2.45) is 4.99 Å². The Labute approximate surface area is 155 Å². The number of nitrogens with zero attached hydrogens (tertiary/aromatic N) is 2. The normalized spacial score (nSPS) is 11.2. The smallest absolute Gasteiger partial charge is 0.337 e. The van der Waals surface area contributed by atoms with Crippen LogP contribution in [0.25, 0.3) is 5.69 Å². The van der Waals surface area contributed by atoms with Crippen LogP contribution in [-0.4, -0.2) is 27.0 Å². The number of phenols is 1. The number of rotatable bonds is 4. The van der Waals surface area contributed by atoms with Gasteiger partial charge >= 0.3 is 5.97 Å². The molecule has 5 nitrogen and oxygen atoms in total. The van der Waals surface area contributed by atoms with E-state index in [4.69, 9.17) is 16.7 Å². The quantitative estimate of drug-likeness (QED) is 0.643. The Kier molecular flexibility index (Phi) is 4.82. The summed E-state index contributed by atoms with van der Waals surface area (Å²) in [6.07, 6.45) is 1.74. The van der Waals surface area contributed by atoms with E-state index < -0.39 is 5.97 Å². The van der Waals surface area contributed by atoms with E-state index in [9.17, 15) is 9.90 Å². The molecule has 0 aliphatic carbocycles. The lowest BCUT2D eigenvalue weighted by Crippen LogP contribution is -2.02. The Morgan fingerprint density at radius 2 is 1.92 bits per heavy atom. The second-order valence-corrected chi connectivity index (χ2v) is 6.32. The third kappa shape index (κ3) is 3.48. The average molecular weight is 369 g/mol. The summed E-state index contributed by atoms with van der Waals surface area (Å²) in [6.45, 7) is 3.91. The van der Waals surface area contributed by atoms with Crippen LogP contribution in [0.1, 0.15) is 27.3 Å². The zero-order valence-corrected chi connectivity index (χ0v) is 15.0. The van der Waals surface area contributed by atoms with Crippen molar-refractivity contribution in [1.29, 1.82) is 0 Å².